The third-order valence-electron chi connectivity index (χ3n) is 4.62. The van der Waals surface area contributed by atoms with Crippen LogP contribution in [0.3, 0.4) is 0 Å². The summed E-state index contributed by atoms with van der Waals surface area (Å²) in [6.45, 7) is 10.7. The molecule has 0 spiro atoms. The predicted molar refractivity (Wildman–Crippen MR) is 70.3 cm³/mol. The Labute approximate surface area is 104 Å². The number of pyridine rings is 1. The van der Waals surface area contributed by atoms with Crippen molar-refractivity contribution >= 4 is 0 Å². The number of aromatic nitrogens is 1. The molecule has 0 atom stereocenters. The van der Waals surface area contributed by atoms with Gasteiger partial charge < -0.3 is 11.1 Å². The largest absolute Gasteiger partial charge is 0.325 e. The highest BCUT2D eigenvalue weighted by Crippen LogP contribution is 2.62. The quantitative estimate of drug-likeness (QED) is 0.837. The zero-order valence-corrected chi connectivity index (χ0v) is 11.2. The van der Waals surface area contributed by atoms with Crippen molar-refractivity contribution in [2.75, 3.05) is 0 Å². The third-order valence-corrected chi connectivity index (χ3v) is 4.62. The number of hydrogen-bond donors (Lipinski definition) is 2. The van der Waals surface area contributed by atoms with E-state index in [-0.39, 0.29) is 0 Å². The van der Waals surface area contributed by atoms with Gasteiger partial charge in [-0.2, -0.15) is 0 Å². The zero-order chi connectivity index (χ0) is 12.7. The van der Waals surface area contributed by atoms with Crippen LogP contribution >= 0.6 is 0 Å². The standard InChI is InChI=1S/C14H23N3/c1-13(2)12(14(13,3)4)17-9-10-5-6-16-11(7-10)8-15/h5-7,12,17H,8-9,15H2,1-4H3. The van der Waals surface area contributed by atoms with Crippen LogP contribution < -0.4 is 11.1 Å². The van der Waals surface area contributed by atoms with Crippen molar-refractivity contribution in [2.45, 2.75) is 46.8 Å². The molecule has 0 saturated heterocycles. The molecule has 3 N–H and O–H groups in total. The van der Waals surface area contributed by atoms with Gasteiger partial charge in [-0.05, 0) is 28.5 Å². The second-order valence-corrected chi connectivity index (χ2v) is 6.12. The van der Waals surface area contributed by atoms with Gasteiger partial charge in [-0.25, -0.2) is 0 Å². The minimum atomic E-state index is 0.386. The highest BCUT2D eigenvalue weighted by molar-refractivity contribution is 5.20. The van der Waals surface area contributed by atoms with Crippen LogP contribution in [0.2, 0.25) is 0 Å². The van der Waals surface area contributed by atoms with Gasteiger partial charge in [-0.1, -0.05) is 27.7 Å². The van der Waals surface area contributed by atoms with Crippen LogP contribution in [-0.2, 0) is 13.1 Å². The van der Waals surface area contributed by atoms with E-state index in [2.05, 4.69) is 50.1 Å². The van der Waals surface area contributed by atoms with Crippen molar-refractivity contribution in [1.29, 1.82) is 0 Å². The fraction of sp³-hybridized carbons (Fsp3) is 0.643. The van der Waals surface area contributed by atoms with Crippen LogP contribution in [0.1, 0.15) is 39.0 Å². The molecule has 1 aromatic heterocycles. The van der Waals surface area contributed by atoms with Crippen LogP contribution in [0.15, 0.2) is 18.3 Å². The Morgan fingerprint density at radius 3 is 2.47 bits per heavy atom. The maximum Gasteiger partial charge on any atom is 0.0542 e. The highest BCUT2D eigenvalue weighted by Gasteiger charge is 2.64. The van der Waals surface area contributed by atoms with Gasteiger partial charge in [0.05, 0.1) is 5.69 Å². The van der Waals surface area contributed by atoms with Crippen molar-refractivity contribution in [1.82, 2.24) is 10.3 Å². The number of nitrogens with one attached hydrogen (secondary N) is 1. The molecule has 17 heavy (non-hydrogen) atoms. The van der Waals surface area contributed by atoms with Crippen LogP contribution in [0.4, 0.5) is 0 Å². The minimum Gasteiger partial charge on any atom is -0.325 e. The van der Waals surface area contributed by atoms with Crippen LogP contribution in [-0.4, -0.2) is 11.0 Å². The molecular formula is C14H23N3. The van der Waals surface area contributed by atoms with E-state index in [9.17, 15) is 0 Å². The number of nitrogens with zero attached hydrogens (tertiary/aromatic N) is 1. The molecule has 1 aromatic rings. The molecule has 0 unspecified atom stereocenters. The summed E-state index contributed by atoms with van der Waals surface area (Å²) in [6, 6.07) is 4.72. The van der Waals surface area contributed by atoms with Gasteiger partial charge >= 0.3 is 0 Å². The Balaban J connectivity index is 1.95. The minimum absolute atomic E-state index is 0.386. The predicted octanol–water partition coefficient (Wildman–Crippen LogP) is 2.06. The second-order valence-electron chi connectivity index (χ2n) is 6.12. The van der Waals surface area contributed by atoms with Crippen molar-refractivity contribution < 1.29 is 0 Å². The third kappa shape index (κ3) is 2.09. The van der Waals surface area contributed by atoms with Crippen LogP contribution in [0, 0.1) is 10.8 Å². The first-order valence-electron chi connectivity index (χ1n) is 6.27. The molecule has 0 aromatic carbocycles. The average molecular weight is 233 g/mol. The van der Waals surface area contributed by atoms with E-state index in [0.29, 0.717) is 23.4 Å². The maximum atomic E-state index is 5.59. The molecule has 0 radical (unpaired) electrons. The normalized spacial score (nSPS) is 21.5. The Morgan fingerprint density at radius 1 is 1.29 bits per heavy atom. The summed E-state index contributed by atoms with van der Waals surface area (Å²) in [5.41, 5.74) is 8.58. The lowest BCUT2D eigenvalue weighted by molar-refractivity contribution is 0.457. The van der Waals surface area contributed by atoms with E-state index in [1.54, 1.807) is 0 Å². The second kappa shape index (κ2) is 4.07. The first-order chi connectivity index (χ1) is 7.89. The molecule has 1 heterocycles. The summed E-state index contributed by atoms with van der Waals surface area (Å²) in [4.78, 5) is 4.21. The van der Waals surface area contributed by atoms with Crippen molar-refractivity contribution in [3.8, 4) is 0 Å². The summed E-state index contributed by atoms with van der Waals surface area (Å²) in [5.74, 6) is 0. The smallest absolute Gasteiger partial charge is 0.0542 e. The lowest BCUT2D eigenvalue weighted by Crippen LogP contribution is -2.21. The maximum absolute atomic E-state index is 5.59. The summed E-state index contributed by atoms with van der Waals surface area (Å²) in [7, 11) is 0. The fourth-order valence-corrected chi connectivity index (χ4v) is 2.68. The van der Waals surface area contributed by atoms with Crippen LogP contribution in [0.5, 0.6) is 0 Å². The lowest BCUT2D eigenvalue weighted by Gasteiger charge is -2.07. The molecule has 0 amide bonds. The lowest BCUT2D eigenvalue weighted by atomic mass is 10.0. The monoisotopic (exact) mass is 233 g/mol. The van der Waals surface area contributed by atoms with Gasteiger partial charge in [0.25, 0.3) is 0 Å². The van der Waals surface area contributed by atoms with E-state index in [4.69, 9.17) is 5.73 Å². The topological polar surface area (TPSA) is 50.9 Å². The van der Waals surface area contributed by atoms with E-state index < -0.39 is 0 Å². The van der Waals surface area contributed by atoms with E-state index in [1.165, 1.54) is 5.56 Å². The summed E-state index contributed by atoms with van der Waals surface area (Å²) < 4.78 is 0. The zero-order valence-electron chi connectivity index (χ0n) is 11.2. The molecule has 0 bridgehead atoms. The van der Waals surface area contributed by atoms with Gasteiger partial charge in [0.15, 0.2) is 0 Å². The highest BCUT2D eigenvalue weighted by atomic mass is 15.0. The molecule has 3 nitrogen and oxygen atoms in total. The molecule has 1 aliphatic carbocycles. The Morgan fingerprint density at radius 2 is 1.94 bits per heavy atom. The Hall–Kier alpha value is -0.930. The molecule has 1 fully saturated rings. The first-order valence-corrected chi connectivity index (χ1v) is 6.27. The fourth-order valence-electron chi connectivity index (χ4n) is 2.68. The van der Waals surface area contributed by atoms with Crippen molar-refractivity contribution in [3.05, 3.63) is 29.6 Å². The number of hydrogen-bond acceptors (Lipinski definition) is 3. The van der Waals surface area contributed by atoms with E-state index in [1.807, 2.05) is 6.20 Å². The SMILES string of the molecule is CC1(C)C(NCc2ccnc(CN)c2)C1(C)C. The molecule has 0 aliphatic heterocycles. The molecule has 2 rings (SSSR count). The van der Waals surface area contributed by atoms with Gasteiger partial charge in [0.1, 0.15) is 0 Å². The summed E-state index contributed by atoms with van der Waals surface area (Å²) >= 11 is 0. The molecule has 1 saturated carbocycles. The number of nitrogens with two attached hydrogens (primary N) is 1. The first kappa shape index (κ1) is 12.5. The van der Waals surface area contributed by atoms with Gasteiger partial charge in [-0.3, -0.25) is 4.98 Å². The summed E-state index contributed by atoms with van der Waals surface area (Å²) in [6.07, 6.45) is 1.84. The van der Waals surface area contributed by atoms with Crippen LogP contribution in [0.25, 0.3) is 0 Å². The van der Waals surface area contributed by atoms with E-state index >= 15 is 0 Å². The average Bonchev–Trinajstić information content (AvgIpc) is 2.67. The molecule has 94 valence electrons. The van der Waals surface area contributed by atoms with E-state index in [0.717, 1.165) is 12.2 Å². The Bertz CT molecular complexity index is 396. The van der Waals surface area contributed by atoms with Crippen molar-refractivity contribution in [3.63, 3.8) is 0 Å². The molecule has 1 aliphatic rings. The molecular weight excluding hydrogens is 210 g/mol. The van der Waals surface area contributed by atoms with Gasteiger partial charge in [-0.15, -0.1) is 0 Å². The van der Waals surface area contributed by atoms with Gasteiger partial charge in [0.2, 0.25) is 0 Å². The Kier molecular flexibility index (Phi) is 3.00. The van der Waals surface area contributed by atoms with Gasteiger partial charge in [0, 0.05) is 25.3 Å². The summed E-state index contributed by atoms with van der Waals surface area (Å²) in [5, 5.41) is 3.64. The molecule has 3 heteroatoms. The number of rotatable bonds is 4. The van der Waals surface area contributed by atoms with Crippen molar-refractivity contribution in [2.24, 2.45) is 16.6 Å².